The van der Waals surface area contributed by atoms with Gasteiger partial charge in [-0.05, 0) is 26.3 Å². The number of pyridine rings is 1. The van der Waals surface area contributed by atoms with Gasteiger partial charge in [0.1, 0.15) is 0 Å². The molecule has 1 aromatic rings. The average Bonchev–Trinajstić information content (AvgIpc) is 2.85. The summed E-state index contributed by atoms with van der Waals surface area (Å²) in [6.45, 7) is 4.06. The zero-order valence-corrected chi connectivity index (χ0v) is 12.3. The number of aliphatic carboxylic acids is 1. The molecule has 0 saturated carbocycles. The Labute approximate surface area is 122 Å². The number of carboxylic acid groups (broad SMARTS) is 1. The SMILES string of the molecule is COc1ccc(NC(=O)N2CCC(C)(C(=O)O)C2)c(C)n1. The number of urea groups is 1. The minimum atomic E-state index is -0.875. The van der Waals surface area contributed by atoms with E-state index < -0.39 is 11.4 Å². The van der Waals surface area contributed by atoms with Crippen LogP contribution in [0.25, 0.3) is 0 Å². The molecule has 0 aromatic carbocycles. The van der Waals surface area contributed by atoms with Gasteiger partial charge in [-0.15, -0.1) is 0 Å². The number of anilines is 1. The van der Waals surface area contributed by atoms with Crippen LogP contribution < -0.4 is 10.1 Å². The highest BCUT2D eigenvalue weighted by Gasteiger charge is 2.42. The van der Waals surface area contributed by atoms with E-state index in [0.29, 0.717) is 30.2 Å². The zero-order chi connectivity index (χ0) is 15.6. The maximum atomic E-state index is 12.2. The first-order chi connectivity index (χ1) is 9.85. The largest absolute Gasteiger partial charge is 0.481 e. The molecule has 2 N–H and O–H groups in total. The summed E-state index contributed by atoms with van der Waals surface area (Å²) in [5.74, 6) is -0.398. The summed E-state index contributed by atoms with van der Waals surface area (Å²) in [4.78, 5) is 29.1. The minimum absolute atomic E-state index is 0.205. The highest BCUT2D eigenvalue weighted by atomic mass is 16.5. The van der Waals surface area contributed by atoms with Crippen molar-refractivity contribution in [3.05, 3.63) is 17.8 Å². The molecule has 1 aliphatic rings. The summed E-state index contributed by atoms with van der Waals surface area (Å²) in [5.41, 5.74) is 0.359. The van der Waals surface area contributed by atoms with Gasteiger partial charge in [-0.1, -0.05) is 0 Å². The number of rotatable bonds is 3. The lowest BCUT2D eigenvalue weighted by Gasteiger charge is -2.21. The standard InChI is InChI=1S/C14H19N3O4/c1-9-10(4-5-11(15-9)21-3)16-13(20)17-7-6-14(2,8-17)12(18)19/h4-5H,6-8H2,1-3H3,(H,16,20)(H,18,19). The van der Waals surface area contributed by atoms with Gasteiger partial charge in [0.2, 0.25) is 5.88 Å². The fraction of sp³-hybridized carbons (Fsp3) is 0.500. The Bertz CT molecular complexity index is 575. The Balaban J connectivity index is 2.04. The van der Waals surface area contributed by atoms with E-state index in [4.69, 9.17) is 4.74 Å². The fourth-order valence-corrected chi connectivity index (χ4v) is 2.29. The molecule has 1 aromatic heterocycles. The number of hydrogen-bond acceptors (Lipinski definition) is 4. The van der Waals surface area contributed by atoms with Crippen molar-refractivity contribution >= 4 is 17.7 Å². The zero-order valence-electron chi connectivity index (χ0n) is 12.3. The summed E-state index contributed by atoms with van der Waals surface area (Å²) >= 11 is 0. The highest BCUT2D eigenvalue weighted by Crippen LogP contribution is 2.30. The van der Waals surface area contributed by atoms with Crippen molar-refractivity contribution in [2.24, 2.45) is 5.41 Å². The second-order valence-corrected chi connectivity index (χ2v) is 5.45. The quantitative estimate of drug-likeness (QED) is 0.885. The number of carbonyl (C=O) groups excluding carboxylic acids is 1. The number of carbonyl (C=O) groups is 2. The molecule has 0 bridgehead atoms. The third kappa shape index (κ3) is 3.07. The molecular formula is C14H19N3O4. The van der Waals surface area contributed by atoms with E-state index in [-0.39, 0.29) is 12.6 Å². The number of ether oxygens (including phenoxy) is 1. The number of carboxylic acids is 1. The number of hydrogen-bond donors (Lipinski definition) is 2. The molecule has 1 atom stereocenters. The van der Waals surface area contributed by atoms with Crippen molar-refractivity contribution in [3.8, 4) is 5.88 Å². The molecule has 1 fully saturated rings. The van der Waals surface area contributed by atoms with E-state index in [9.17, 15) is 14.7 Å². The molecule has 7 nitrogen and oxygen atoms in total. The fourth-order valence-electron chi connectivity index (χ4n) is 2.29. The molecule has 1 aliphatic heterocycles. The number of methoxy groups -OCH3 is 1. The van der Waals surface area contributed by atoms with Gasteiger partial charge in [-0.3, -0.25) is 4.79 Å². The molecule has 0 spiro atoms. The number of aryl methyl sites for hydroxylation is 1. The molecule has 1 saturated heterocycles. The lowest BCUT2D eigenvalue weighted by Crippen LogP contribution is -2.37. The van der Waals surface area contributed by atoms with Crippen molar-refractivity contribution in [1.82, 2.24) is 9.88 Å². The van der Waals surface area contributed by atoms with Gasteiger partial charge in [0.25, 0.3) is 0 Å². The van der Waals surface area contributed by atoms with Gasteiger partial charge in [-0.2, -0.15) is 0 Å². The van der Waals surface area contributed by atoms with Crippen LogP contribution in [-0.2, 0) is 4.79 Å². The van der Waals surface area contributed by atoms with Crippen LogP contribution in [0.5, 0.6) is 5.88 Å². The van der Waals surface area contributed by atoms with Crippen molar-refractivity contribution in [3.63, 3.8) is 0 Å². The number of amides is 2. The molecule has 0 aliphatic carbocycles. The topological polar surface area (TPSA) is 91.8 Å². The molecule has 21 heavy (non-hydrogen) atoms. The first-order valence-electron chi connectivity index (χ1n) is 6.67. The van der Waals surface area contributed by atoms with Gasteiger partial charge in [-0.25, -0.2) is 9.78 Å². The van der Waals surface area contributed by atoms with E-state index in [1.165, 1.54) is 12.0 Å². The normalized spacial score (nSPS) is 21.2. The number of nitrogens with zero attached hydrogens (tertiary/aromatic N) is 2. The second-order valence-electron chi connectivity index (χ2n) is 5.45. The Kier molecular flexibility index (Phi) is 4.02. The molecule has 2 heterocycles. The lowest BCUT2D eigenvalue weighted by molar-refractivity contribution is -0.146. The van der Waals surface area contributed by atoms with E-state index >= 15 is 0 Å². The number of likely N-dealkylation sites (tertiary alicyclic amines) is 1. The third-order valence-corrected chi connectivity index (χ3v) is 3.79. The highest BCUT2D eigenvalue weighted by molar-refractivity contribution is 5.91. The van der Waals surface area contributed by atoms with Crippen molar-refractivity contribution in [2.75, 3.05) is 25.5 Å². The predicted octanol–water partition coefficient (Wildman–Crippen LogP) is 1.73. The van der Waals surface area contributed by atoms with Crippen LogP contribution in [0.3, 0.4) is 0 Å². The molecule has 2 amide bonds. The van der Waals surface area contributed by atoms with Crippen LogP contribution in [0.2, 0.25) is 0 Å². The van der Waals surface area contributed by atoms with E-state index in [0.717, 1.165) is 0 Å². The van der Waals surface area contributed by atoms with Crippen LogP contribution in [-0.4, -0.2) is 47.2 Å². The van der Waals surface area contributed by atoms with Crippen LogP contribution in [0.4, 0.5) is 10.5 Å². The van der Waals surface area contributed by atoms with Crippen LogP contribution in [0, 0.1) is 12.3 Å². The maximum absolute atomic E-state index is 12.2. The molecular weight excluding hydrogens is 274 g/mol. The predicted molar refractivity (Wildman–Crippen MR) is 76.5 cm³/mol. The van der Waals surface area contributed by atoms with Gasteiger partial charge >= 0.3 is 12.0 Å². The van der Waals surface area contributed by atoms with Gasteiger partial charge < -0.3 is 20.1 Å². The smallest absolute Gasteiger partial charge is 0.321 e. The van der Waals surface area contributed by atoms with E-state index in [1.807, 2.05) is 0 Å². The number of aromatic nitrogens is 1. The minimum Gasteiger partial charge on any atom is -0.481 e. The molecule has 2 rings (SSSR count). The molecule has 114 valence electrons. The van der Waals surface area contributed by atoms with E-state index in [1.54, 1.807) is 26.0 Å². The van der Waals surface area contributed by atoms with Crippen molar-refractivity contribution < 1.29 is 19.4 Å². The van der Waals surface area contributed by atoms with Gasteiger partial charge in [0.05, 0.1) is 23.9 Å². The van der Waals surface area contributed by atoms with Gasteiger partial charge in [0, 0.05) is 19.2 Å². The van der Waals surface area contributed by atoms with E-state index in [2.05, 4.69) is 10.3 Å². The number of nitrogens with one attached hydrogen (secondary N) is 1. The summed E-state index contributed by atoms with van der Waals surface area (Å²) in [6, 6.07) is 3.06. The van der Waals surface area contributed by atoms with Crippen molar-refractivity contribution in [1.29, 1.82) is 0 Å². The maximum Gasteiger partial charge on any atom is 0.321 e. The van der Waals surface area contributed by atoms with Crippen molar-refractivity contribution in [2.45, 2.75) is 20.3 Å². The molecule has 1 unspecified atom stereocenters. The summed E-state index contributed by atoms with van der Waals surface area (Å²) in [5, 5.41) is 11.9. The van der Waals surface area contributed by atoms with Crippen LogP contribution in [0.1, 0.15) is 19.0 Å². The summed E-state index contributed by atoms with van der Waals surface area (Å²) in [7, 11) is 1.52. The molecule has 0 radical (unpaired) electrons. The van der Waals surface area contributed by atoms with Gasteiger partial charge in [0.15, 0.2) is 0 Å². The average molecular weight is 293 g/mol. The van der Waals surface area contributed by atoms with Crippen LogP contribution in [0.15, 0.2) is 12.1 Å². The Hall–Kier alpha value is -2.31. The summed E-state index contributed by atoms with van der Waals surface area (Å²) in [6.07, 6.45) is 0.454. The molecule has 7 heteroatoms. The lowest BCUT2D eigenvalue weighted by atomic mass is 9.90. The third-order valence-electron chi connectivity index (χ3n) is 3.79. The Morgan fingerprint density at radius 2 is 2.19 bits per heavy atom. The second kappa shape index (κ2) is 5.59. The monoisotopic (exact) mass is 293 g/mol. The first-order valence-corrected chi connectivity index (χ1v) is 6.67. The first kappa shape index (κ1) is 15.1. The Morgan fingerprint density at radius 1 is 1.48 bits per heavy atom. The van der Waals surface area contributed by atoms with Crippen LogP contribution >= 0.6 is 0 Å². The summed E-state index contributed by atoms with van der Waals surface area (Å²) < 4.78 is 5.01. The Morgan fingerprint density at radius 3 is 2.71 bits per heavy atom.